The Morgan fingerprint density at radius 2 is 1.39 bits per heavy atom. The van der Waals surface area contributed by atoms with E-state index in [0.717, 1.165) is 5.30 Å². The first-order valence-corrected chi connectivity index (χ1v) is 10.9. The Morgan fingerprint density at radius 1 is 0.893 bits per heavy atom. The van der Waals surface area contributed by atoms with Crippen molar-refractivity contribution in [1.82, 2.24) is 5.32 Å². The van der Waals surface area contributed by atoms with Crippen LogP contribution >= 0.6 is 6.75 Å². The first-order chi connectivity index (χ1) is 13.7. The van der Waals surface area contributed by atoms with Gasteiger partial charge in [-0.25, -0.2) is 0 Å². The molecule has 0 saturated heterocycles. The van der Waals surface area contributed by atoms with E-state index in [-0.39, 0.29) is 12.5 Å². The van der Waals surface area contributed by atoms with E-state index in [1.807, 2.05) is 60.7 Å². The van der Waals surface area contributed by atoms with Gasteiger partial charge in [0.15, 0.2) is 0 Å². The van der Waals surface area contributed by atoms with Crippen LogP contribution in [-0.4, -0.2) is 26.2 Å². The Bertz CT molecular complexity index is 990. The SMILES string of the molecule is B=P(c1ccccc1)(c1ccccc1)c1ccc(C(=O)NCCN=[N+]=[N-])cc1. The topological polar surface area (TPSA) is 77.9 Å². The van der Waals surface area contributed by atoms with Crippen LogP contribution in [0.4, 0.5) is 0 Å². The Balaban J connectivity index is 1.93. The van der Waals surface area contributed by atoms with Gasteiger partial charge in [-0.2, -0.15) is 0 Å². The van der Waals surface area contributed by atoms with Gasteiger partial charge in [0.1, 0.15) is 0 Å². The van der Waals surface area contributed by atoms with E-state index in [1.165, 1.54) is 10.6 Å². The second-order valence-corrected chi connectivity index (χ2v) is 9.41. The molecule has 1 N–H and O–H groups in total. The number of carbonyl (C=O) groups is 1. The van der Waals surface area contributed by atoms with Crippen molar-refractivity contribution in [2.45, 2.75) is 0 Å². The molecule has 5 nitrogen and oxygen atoms in total. The zero-order chi connectivity index (χ0) is 19.8. The van der Waals surface area contributed by atoms with E-state index in [1.54, 1.807) is 0 Å². The van der Waals surface area contributed by atoms with Crippen molar-refractivity contribution < 1.29 is 4.79 Å². The van der Waals surface area contributed by atoms with Crippen molar-refractivity contribution in [1.29, 1.82) is 0 Å². The zero-order valence-electron chi connectivity index (χ0n) is 15.4. The summed E-state index contributed by atoms with van der Waals surface area (Å²) >= 11 is 0. The van der Waals surface area contributed by atoms with Crippen LogP contribution in [0.25, 0.3) is 10.4 Å². The number of hydrogen-bond acceptors (Lipinski definition) is 2. The van der Waals surface area contributed by atoms with Crippen LogP contribution in [0.15, 0.2) is 90.0 Å². The molecule has 138 valence electrons. The molecule has 0 aromatic heterocycles. The summed E-state index contributed by atoms with van der Waals surface area (Å²) < 4.78 is 0. The number of nitrogens with zero attached hydrogens (tertiary/aromatic N) is 3. The molecule has 0 bridgehead atoms. The number of carbonyl (C=O) groups excluding carboxylic acids is 1. The molecule has 0 aliphatic heterocycles. The van der Waals surface area contributed by atoms with E-state index in [0.29, 0.717) is 12.1 Å². The standard InChI is InChI=1S/C21H20BN4OP/c22-28(18-7-3-1-4-8-18,19-9-5-2-6-10-19)20-13-11-17(12-14-20)21(27)24-15-16-25-26-23/h1-14,22H,15-16H2,(H,24,27). The van der Waals surface area contributed by atoms with Gasteiger partial charge in [-0.05, 0) is 0 Å². The van der Waals surface area contributed by atoms with Crippen LogP contribution < -0.4 is 21.2 Å². The number of azide groups is 1. The predicted octanol–water partition coefficient (Wildman–Crippen LogP) is 2.84. The maximum atomic E-state index is 12.3. The molecule has 7 heteroatoms. The van der Waals surface area contributed by atoms with E-state index >= 15 is 0 Å². The third kappa shape index (κ3) is 4.25. The van der Waals surface area contributed by atoms with Crippen LogP contribution in [0, 0.1) is 0 Å². The van der Waals surface area contributed by atoms with Crippen LogP contribution in [0.2, 0.25) is 0 Å². The van der Waals surface area contributed by atoms with Gasteiger partial charge in [0, 0.05) is 0 Å². The monoisotopic (exact) mass is 386 g/mol. The van der Waals surface area contributed by atoms with Crippen molar-refractivity contribution in [3.63, 3.8) is 0 Å². The molecule has 3 aromatic carbocycles. The Morgan fingerprint density at radius 3 is 1.89 bits per heavy atom. The summed E-state index contributed by atoms with van der Waals surface area (Å²) in [5, 5.41) is 9.64. The first-order valence-electron chi connectivity index (χ1n) is 8.90. The minimum absolute atomic E-state index is 0.188. The van der Waals surface area contributed by atoms with Gasteiger partial charge in [-0.3, -0.25) is 0 Å². The number of rotatable bonds is 7. The molecule has 0 aliphatic rings. The molecular weight excluding hydrogens is 366 g/mol. The van der Waals surface area contributed by atoms with E-state index in [4.69, 9.17) is 5.53 Å². The fraction of sp³-hybridized carbons (Fsp3) is 0.0952. The number of benzene rings is 3. The molecule has 0 unspecified atom stereocenters. The molecule has 28 heavy (non-hydrogen) atoms. The summed E-state index contributed by atoms with van der Waals surface area (Å²) in [6.07, 6.45) is 0. The average molecular weight is 386 g/mol. The van der Waals surface area contributed by atoms with Crippen LogP contribution in [-0.2, 0) is 0 Å². The van der Waals surface area contributed by atoms with Crippen LogP contribution in [0.1, 0.15) is 10.4 Å². The summed E-state index contributed by atoms with van der Waals surface area (Å²) in [6, 6.07) is 28.2. The number of amides is 1. The van der Waals surface area contributed by atoms with Gasteiger partial charge in [-0.15, -0.1) is 0 Å². The van der Waals surface area contributed by atoms with Gasteiger partial charge < -0.3 is 5.53 Å². The van der Waals surface area contributed by atoms with Crippen molar-refractivity contribution in [3.8, 4) is 0 Å². The maximum absolute atomic E-state index is 12.3. The van der Waals surface area contributed by atoms with Crippen LogP contribution in [0.5, 0.6) is 0 Å². The van der Waals surface area contributed by atoms with Gasteiger partial charge in [0.2, 0.25) is 0 Å². The quantitative estimate of drug-likeness (QED) is 0.166. The molecule has 0 radical (unpaired) electrons. The van der Waals surface area contributed by atoms with Crippen LogP contribution in [0.3, 0.4) is 0 Å². The van der Waals surface area contributed by atoms with Crippen molar-refractivity contribution >= 4 is 35.8 Å². The van der Waals surface area contributed by atoms with E-state index < -0.39 is 6.75 Å². The summed E-state index contributed by atoms with van der Waals surface area (Å²) in [6.45, 7) is -1.50. The summed E-state index contributed by atoms with van der Waals surface area (Å²) in [4.78, 5) is 14.9. The third-order valence-corrected chi connectivity index (χ3v) is 8.06. The van der Waals surface area contributed by atoms with Gasteiger partial charge in [0.05, 0.1) is 0 Å². The predicted molar refractivity (Wildman–Crippen MR) is 119 cm³/mol. The molecule has 3 aromatic rings. The zero-order valence-corrected chi connectivity index (χ0v) is 16.3. The second-order valence-electron chi connectivity index (χ2n) is 6.24. The van der Waals surface area contributed by atoms with Crippen molar-refractivity contribution in [2.75, 3.05) is 13.1 Å². The number of hydrogen-bond donors (Lipinski definition) is 1. The molecule has 0 saturated carbocycles. The van der Waals surface area contributed by atoms with Gasteiger partial charge in [-0.1, -0.05) is 0 Å². The fourth-order valence-corrected chi connectivity index (χ4v) is 5.96. The normalized spacial score (nSPS) is 10.7. The summed E-state index contributed by atoms with van der Waals surface area (Å²) in [5.74, 6) is -0.188. The molecule has 0 aliphatic carbocycles. The molecule has 0 fully saturated rings. The number of nitrogens with one attached hydrogen (secondary N) is 1. The molecule has 0 spiro atoms. The first kappa shape index (κ1) is 19.7. The summed E-state index contributed by atoms with van der Waals surface area (Å²) in [5.41, 5.74) is 8.85. The van der Waals surface area contributed by atoms with Crippen molar-refractivity contribution in [2.24, 2.45) is 5.11 Å². The third-order valence-electron chi connectivity index (χ3n) is 4.52. The Hall–Kier alpha value is -3.07. The Labute approximate surface area is 165 Å². The molecule has 0 atom stereocenters. The van der Waals surface area contributed by atoms with E-state index in [2.05, 4.69) is 46.8 Å². The van der Waals surface area contributed by atoms with E-state index in [9.17, 15) is 4.79 Å². The Kier molecular flexibility index (Phi) is 6.49. The molecule has 1 amide bonds. The summed E-state index contributed by atoms with van der Waals surface area (Å²) in [7, 11) is 4.69. The fourth-order valence-electron chi connectivity index (χ4n) is 3.05. The molecule has 3 rings (SSSR count). The van der Waals surface area contributed by atoms with Gasteiger partial charge in [0.25, 0.3) is 0 Å². The minimum atomic E-state index is -2.04. The van der Waals surface area contributed by atoms with Crippen molar-refractivity contribution in [3.05, 3.63) is 101 Å². The average Bonchev–Trinajstić information content (AvgIpc) is 2.77. The van der Waals surface area contributed by atoms with Gasteiger partial charge >= 0.3 is 159 Å². The second kappa shape index (κ2) is 9.23. The molecule has 0 heterocycles. The molecular formula is C21H20BN4OP.